The van der Waals surface area contributed by atoms with E-state index >= 15 is 0 Å². The lowest BCUT2D eigenvalue weighted by Gasteiger charge is -2.09. The van der Waals surface area contributed by atoms with Gasteiger partial charge in [-0.2, -0.15) is 0 Å². The van der Waals surface area contributed by atoms with Crippen LogP contribution in [0.5, 0.6) is 0 Å². The summed E-state index contributed by atoms with van der Waals surface area (Å²) in [6.07, 6.45) is 3.01. The van der Waals surface area contributed by atoms with Gasteiger partial charge in [-0.15, -0.1) is 0 Å². The maximum Gasteiger partial charge on any atom is 0.240 e. The predicted octanol–water partition coefficient (Wildman–Crippen LogP) is 2.26. The van der Waals surface area contributed by atoms with E-state index in [2.05, 4.69) is 25.0 Å². The Morgan fingerprint density at radius 3 is 2.86 bits per heavy atom. The number of sulfonamides is 1. The van der Waals surface area contributed by atoms with E-state index in [-0.39, 0.29) is 4.90 Å². The first-order valence-electron chi connectivity index (χ1n) is 6.29. The third-order valence-electron chi connectivity index (χ3n) is 3.10. The zero-order valence-corrected chi connectivity index (χ0v) is 13.0. The lowest BCUT2D eigenvalue weighted by molar-refractivity contribution is 0.588. The number of halogens is 1. The molecule has 2 aromatic heterocycles. The highest BCUT2D eigenvalue weighted by Gasteiger charge is 2.13. The molecule has 0 spiro atoms. The number of nitrogens with one attached hydrogen (secondary N) is 3. The Kier molecular flexibility index (Phi) is 3.73. The van der Waals surface area contributed by atoms with Crippen molar-refractivity contribution in [3.8, 4) is 0 Å². The summed E-state index contributed by atoms with van der Waals surface area (Å²) in [5, 5.41) is 4.19. The van der Waals surface area contributed by atoms with Crippen molar-refractivity contribution in [2.75, 3.05) is 12.4 Å². The van der Waals surface area contributed by atoms with Crippen LogP contribution in [0.3, 0.4) is 0 Å². The number of aromatic nitrogens is 3. The maximum absolute atomic E-state index is 11.8. The molecule has 9 heteroatoms. The highest BCUT2D eigenvalue weighted by molar-refractivity contribution is 7.89. The molecule has 0 fully saturated rings. The molecule has 0 amide bonds. The Bertz CT molecular complexity index is 939. The normalized spacial score (nSPS) is 11.7. The minimum atomic E-state index is -3.51. The van der Waals surface area contributed by atoms with E-state index < -0.39 is 10.0 Å². The van der Waals surface area contributed by atoms with Gasteiger partial charge in [-0.1, -0.05) is 17.7 Å². The number of aromatic amines is 1. The zero-order valence-electron chi connectivity index (χ0n) is 11.5. The van der Waals surface area contributed by atoms with Gasteiger partial charge in [0.1, 0.15) is 17.8 Å². The molecule has 2 heterocycles. The van der Waals surface area contributed by atoms with Gasteiger partial charge in [-0.3, -0.25) is 0 Å². The number of nitrogens with zero attached hydrogens (tertiary/aromatic N) is 2. The molecule has 0 aliphatic heterocycles. The Labute approximate surface area is 131 Å². The molecule has 114 valence electrons. The average molecular weight is 338 g/mol. The van der Waals surface area contributed by atoms with Crippen molar-refractivity contribution in [3.63, 3.8) is 0 Å². The van der Waals surface area contributed by atoms with Crippen molar-refractivity contribution in [2.24, 2.45) is 0 Å². The number of H-pyrrole nitrogens is 1. The number of benzene rings is 1. The maximum atomic E-state index is 11.8. The summed E-state index contributed by atoms with van der Waals surface area (Å²) in [6.45, 7) is 0. The molecule has 0 unspecified atom stereocenters. The van der Waals surface area contributed by atoms with Gasteiger partial charge in [0.25, 0.3) is 0 Å². The smallest absolute Gasteiger partial charge is 0.240 e. The summed E-state index contributed by atoms with van der Waals surface area (Å²) in [7, 11) is -2.14. The number of hydrogen-bond donors (Lipinski definition) is 3. The molecule has 0 saturated heterocycles. The molecule has 3 aromatic rings. The van der Waals surface area contributed by atoms with E-state index in [9.17, 15) is 8.42 Å². The number of rotatable bonds is 4. The molecule has 0 atom stereocenters. The first kappa shape index (κ1) is 14.8. The summed E-state index contributed by atoms with van der Waals surface area (Å²) >= 11 is 6.11. The third kappa shape index (κ3) is 2.63. The topological polar surface area (TPSA) is 99.8 Å². The molecular formula is C13H12ClN5O2S. The molecule has 3 rings (SSSR count). The zero-order chi connectivity index (χ0) is 15.7. The number of anilines is 2. The van der Waals surface area contributed by atoms with Crippen molar-refractivity contribution < 1.29 is 8.42 Å². The molecule has 3 N–H and O–H groups in total. The molecule has 0 aliphatic carbocycles. The van der Waals surface area contributed by atoms with Crippen molar-refractivity contribution in [1.29, 1.82) is 0 Å². The summed E-state index contributed by atoms with van der Waals surface area (Å²) in [4.78, 5) is 11.3. The van der Waals surface area contributed by atoms with E-state index in [0.717, 1.165) is 0 Å². The van der Waals surface area contributed by atoms with Gasteiger partial charge in [-0.25, -0.2) is 23.1 Å². The van der Waals surface area contributed by atoms with Crippen molar-refractivity contribution in [2.45, 2.75) is 4.90 Å². The van der Waals surface area contributed by atoms with Gasteiger partial charge in [0, 0.05) is 11.9 Å². The van der Waals surface area contributed by atoms with Crippen molar-refractivity contribution in [3.05, 3.63) is 41.8 Å². The van der Waals surface area contributed by atoms with Crippen LogP contribution in [0.4, 0.5) is 11.5 Å². The van der Waals surface area contributed by atoms with Gasteiger partial charge in [-0.05, 0) is 25.2 Å². The van der Waals surface area contributed by atoms with Gasteiger partial charge in [0.2, 0.25) is 10.0 Å². The molecular weight excluding hydrogens is 326 g/mol. The lowest BCUT2D eigenvalue weighted by atomic mass is 10.3. The number of fused-ring (bicyclic) bond motifs is 1. The van der Waals surface area contributed by atoms with Crippen molar-refractivity contribution in [1.82, 2.24) is 19.7 Å². The van der Waals surface area contributed by atoms with Gasteiger partial charge in [0.05, 0.1) is 15.3 Å². The summed E-state index contributed by atoms with van der Waals surface area (Å²) in [5.74, 6) is 0.496. The lowest BCUT2D eigenvalue weighted by Crippen LogP contribution is -2.18. The quantitative estimate of drug-likeness (QED) is 0.678. The van der Waals surface area contributed by atoms with Crippen LogP contribution in [0.1, 0.15) is 0 Å². The fraction of sp³-hybridized carbons (Fsp3) is 0.0769. The highest BCUT2D eigenvalue weighted by atomic mass is 35.5. The predicted molar refractivity (Wildman–Crippen MR) is 84.9 cm³/mol. The molecule has 7 nitrogen and oxygen atoms in total. The van der Waals surface area contributed by atoms with Gasteiger partial charge < -0.3 is 10.3 Å². The first-order valence-corrected chi connectivity index (χ1v) is 8.15. The van der Waals surface area contributed by atoms with Crippen LogP contribution in [0, 0.1) is 0 Å². The number of hydrogen-bond acceptors (Lipinski definition) is 5. The molecule has 0 saturated carbocycles. The molecule has 0 bridgehead atoms. The minimum Gasteiger partial charge on any atom is -0.344 e. The Morgan fingerprint density at radius 2 is 2.09 bits per heavy atom. The van der Waals surface area contributed by atoms with Crippen LogP contribution in [-0.4, -0.2) is 30.4 Å². The molecule has 0 aliphatic rings. The standard InChI is InChI=1S/C13H12ClN5O2S/c1-15-22(20,21)9-4-2-3-8(5-9)19-13-11-10(14)6-16-12(11)17-7-18-13/h2-7,15H,1H3,(H2,16,17,18,19). The molecule has 0 radical (unpaired) electrons. The first-order chi connectivity index (χ1) is 10.5. The van der Waals surface area contributed by atoms with Crippen molar-refractivity contribution >= 4 is 44.2 Å². The van der Waals surface area contributed by atoms with E-state index in [1.165, 1.54) is 25.5 Å². The van der Waals surface area contributed by atoms with Gasteiger partial charge >= 0.3 is 0 Å². The second-order valence-corrected chi connectivity index (χ2v) is 6.74. The van der Waals surface area contributed by atoms with E-state index in [1.807, 2.05) is 0 Å². The average Bonchev–Trinajstić information content (AvgIpc) is 2.90. The van der Waals surface area contributed by atoms with Crippen LogP contribution in [0.15, 0.2) is 41.7 Å². The fourth-order valence-electron chi connectivity index (χ4n) is 2.02. The summed E-state index contributed by atoms with van der Waals surface area (Å²) in [6, 6.07) is 6.41. The second-order valence-electron chi connectivity index (χ2n) is 4.44. The van der Waals surface area contributed by atoms with E-state index in [0.29, 0.717) is 27.6 Å². The monoisotopic (exact) mass is 337 g/mol. The Balaban J connectivity index is 2.03. The van der Waals surface area contributed by atoms with E-state index in [1.54, 1.807) is 18.3 Å². The minimum absolute atomic E-state index is 0.158. The largest absolute Gasteiger partial charge is 0.344 e. The summed E-state index contributed by atoms with van der Waals surface area (Å²) < 4.78 is 26.0. The van der Waals surface area contributed by atoms with E-state index in [4.69, 9.17) is 11.6 Å². The van der Waals surface area contributed by atoms with Crippen LogP contribution in [0.25, 0.3) is 11.0 Å². The SMILES string of the molecule is CNS(=O)(=O)c1cccc(Nc2ncnc3[nH]cc(Cl)c23)c1. The Hall–Kier alpha value is -2.16. The molecule has 22 heavy (non-hydrogen) atoms. The fourth-order valence-corrected chi connectivity index (χ4v) is 3.02. The second kappa shape index (κ2) is 5.56. The van der Waals surface area contributed by atoms with Crippen LogP contribution >= 0.6 is 11.6 Å². The highest BCUT2D eigenvalue weighted by Crippen LogP contribution is 2.29. The summed E-state index contributed by atoms with van der Waals surface area (Å²) in [5.41, 5.74) is 1.18. The molecule has 1 aromatic carbocycles. The van der Waals surface area contributed by atoms with Crippen LogP contribution in [-0.2, 0) is 10.0 Å². The van der Waals surface area contributed by atoms with Crippen LogP contribution < -0.4 is 10.0 Å². The van der Waals surface area contributed by atoms with Gasteiger partial charge in [0.15, 0.2) is 0 Å². The Morgan fingerprint density at radius 1 is 1.27 bits per heavy atom. The third-order valence-corrected chi connectivity index (χ3v) is 4.81. The van der Waals surface area contributed by atoms with Crippen LogP contribution in [0.2, 0.25) is 5.02 Å².